The third kappa shape index (κ3) is 2.27. The van der Waals surface area contributed by atoms with Crippen LogP contribution in [0.1, 0.15) is 5.56 Å². The summed E-state index contributed by atoms with van der Waals surface area (Å²) in [6.45, 7) is 0.786. The first-order valence-corrected chi connectivity index (χ1v) is 7.00. The van der Waals surface area contributed by atoms with Crippen molar-refractivity contribution in [2.45, 2.75) is 6.54 Å². The first-order valence-electron chi connectivity index (χ1n) is 5.11. The van der Waals surface area contributed by atoms with E-state index in [2.05, 4.69) is 50.1 Å². The lowest BCUT2D eigenvalue weighted by molar-refractivity contribution is 0.939. The summed E-state index contributed by atoms with van der Waals surface area (Å²) >= 11 is 3.79. The van der Waals surface area contributed by atoms with E-state index in [4.69, 9.17) is 0 Å². The lowest BCUT2D eigenvalue weighted by Crippen LogP contribution is -1.99. The van der Waals surface area contributed by atoms with Gasteiger partial charge in [-0.05, 0) is 28.2 Å². The predicted molar refractivity (Wildman–Crippen MR) is 77.3 cm³/mol. The van der Waals surface area contributed by atoms with E-state index in [0.29, 0.717) is 0 Å². The number of hydrogen-bond donors (Lipinski definition) is 1. The van der Waals surface area contributed by atoms with Gasteiger partial charge >= 0.3 is 0 Å². The van der Waals surface area contributed by atoms with Gasteiger partial charge in [-0.1, -0.05) is 41.7 Å². The van der Waals surface area contributed by atoms with Crippen LogP contribution < -0.4 is 5.32 Å². The predicted octanol–water partition coefficient (Wildman–Crippen LogP) is 3.01. The summed E-state index contributed by atoms with van der Waals surface area (Å²) in [4.78, 5) is 5.19. The number of rotatable bonds is 3. The van der Waals surface area contributed by atoms with Crippen LogP contribution in [0.3, 0.4) is 0 Å². The van der Waals surface area contributed by atoms with E-state index in [1.54, 1.807) is 11.3 Å². The maximum Gasteiger partial charge on any atom is 0.214 e. The molecule has 0 aliphatic carbocycles. The number of imidazole rings is 1. The Morgan fingerprint density at radius 3 is 2.88 bits per heavy atom. The number of hydrogen-bond acceptors (Lipinski definition) is 4. The smallest absolute Gasteiger partial charge is 0.214 e. The Bertz CT molecular complexity index is 631. The minimum absolute atomic E-state index is 0.786. The third-order valence-electron chi connectivity index (χ3n) is 2.33. The van der Waals surface area contributed by atoms with Crippen LogP contribution in [-0.4, -0.2) is 14.6 Å². The molecule has 4 nitrogen and oxygen atoms in total. The summed E-state index contributed by atoms with van der Waals surface area (Å²) in [7, 11) is 0. The van der Waals surface area contributed by atoms with Crippen molar-refractivity contribution in [1.82, 2.24) is 14.6 Å². The summed E-state index contributed by atoms with van der Waals surface area (Å²) in [6, 6.07) is 10.3. The standard InChI is InChI=1S/C11H9IN4S/c12-9-7-14-11-16(9)15-10(17-11)13-6-8-4-2-1-3-5-8/h1-5,7H,6H2,(H,13,15). The summed E-state index contributed by atoms with van der Waals surface area (Å²) in [6.07, 6.45) is 1.82. The lowest BCUT2D eigenvalue weighted by Gasteiger charge is -2.01. The Hall–Kier alpha value is -1.15. The SMILES string of the molecule is Ic1cnc2sc(NCc3ccccc3)nn12. The Kier molecular flexibility index (Phi) is 2.98. The van der Waals surface area contributed by atoms with Crippen LogP contribution in [0.15, 0.2) is 36.5 Å². The highest BCUT2D eigenvalue weighted by Gasteiger charge is 2.07. The topological polar surface area (TPSA) is 42.2 Å². The maximum absolute atomic E-state index is 4.44. The fourth-order valence-corrected chi connectivity index (χ4v) is 2.92. The zero-order valence-corrected chi connectivity index (χ0v) is 11.8. The molecular weight excluding hydrogens is 347 g/mol. The normalized spacial score (nSPS) is 10.9. The van der Waals surface area contributed by atoms with Gasteiger partial charge in [0.15, 0.2) is 0 Å². The van der Waals surface area contributed by atoms with Crippen LogP contribution in [0.5, 0.6) is 0 Å². The average Bonchev–Trinajstić information content (AvgIpc) is 2.91. The molecule has 0 saturated carbocycles. The Balaban J connectivity index is 1.77. The van der Waals surface area contributed by atoms with Gasteiger partial charge in [0.05, 0.1) is 6.20 Å². The molecule has 2 heterocycles. The third-order valence-corrected chi connectivity index (χ3v) is 3.95. The van der Waals surface area contributed by atoms with Crippen molar-refractivity contribution >= 4 is 44.0 Å². The number of halogens is 1. The van der Waals surface area contributed by atoms with Crippen LogP contribution in [0.4, 0.5) is 5.13 Å². The summed E-state index contributed by atoms with van der Waals surface area (Å²) in [5, 5.41) is 8.65. The molecule has 2 aromatic heterocycles. The average molecular weight is 356 g/mol. The molecule has 17 heavy (non-hydrogen) atoms. The highest BCUT2D eigenvalue weighted by atomic mass is 127. The van der Waals surface area contributed by atoms with Gasteiger partial charge in [0.25, 0.3) is 0 Å². The molecule has 1 aromatic carbocycles. The Labute approximate surface area is 116 Å². The van der Waals surface area contributed by atoms with Gasteiger partial charge < -0.3 is 5.32 Å². The van der Waals surface area contributed by atoms with Gasteiger partial charge in [-0.25, -0.2) is 4.98 Å². The summed E-state index contributed by atoms with van der Waals surface area (Å²) in [5.41, 5.74) is 1.25. The van der Waals surface area contributed by atoms with Crippen molar-refractivity contribution < 1.29 is 0 Å². The lowest BCUT2D eigenvalue weighted by atomic mass is 10.2. The van der Waals surface area contributed by atoms with Crippen LogP contribution >= 0.6 is 33.9 Å². The molecule has 1 N–H and O–H groups in total. The molecule has 0 saturated heterocycles. The van der Waals surface area contributed by atoms with Crippen LogP contribution in [0, 0.1) is 3.70 Å². The summed E-state index contributed by atoms with van der Waals surface area (Å²) < 4.78 is 2.88. The van der Waals surface area contributed by atoms with Crippen molar-refractivity contribution in [3.8, 4) is 0 Å². The number of anilines is 1. The van der Waals surface area contributed by atoms with Crippen molar-refractivity contribution in [2.75, 3.05) is 5.32 Å². The maximum atomic E-state index is 4.44. The largest absolute Gasteiger partial charge is 0.356 e. The molecular formula is C11H9IN4S. The highest BCUT2D eigenvalue weighted by molar-refractivity contribution is 14.1. The molecule has 6 heteroatoms. The molecule has 0 radical (unpaired) electrons. The van der Waals surface area contributed by atoms with Crippen LogP contribution in [0.2, 0.25) is 0 Å². The van der Waals surface area contributed by atoms with Gasteiger partial charge in [-0.2, -0.15) is 4.52 Å². The minimum atomic E-state index is 0.786. The van der Waals surface area contributed by atoms with Gasteiger partial charge in [-0.15, -0.1) is 5.10 Å². The number of aromatic nitrogens is 3. The van der Waals surface area contributed by atoms with Crippen molar-refractivity contribution in [3.63, 3.8) is 0 Å². The van der Waals surface area contributed by atoms with Crippen molar-refractivity contribution in [2.24, 2.45) is 0 Å². The van der Waals surface area contributed by atoms with Crippen LogP contribution in [0.25, 0.3) is 4.96 Å². The van der Waals surface area contributed by atoms with E-state index in [1.165, 1.54) is 5.56 Å². The van der Waals surface area contributed by atoms with E-state index in [-0.39, 0.29) is 0 Å². The number of nitrogens with zero attached hydrogens (tertiary/aromatic N) is 3. The molecule has 0 spiro atoms. The van der Waals surface area contributed by atoms with Crippen molar-refractivity contribution in [3.05, 3.63) is 45.8 Å². The van der Waals surface area contributed by atoms with E-state index in [1.807, 2.05) is 28.9 Å². The molecule has 0 aliphatic rings. The van der Waals surface area contributed by atoms with E-state index >= 15 is 0 Å². The summed E-state index contributed by atoms with van der Waals surface area (Å²) in [5.74, 6) is 0. The van der Waals surface area contributed by atoms with Crippen molar-refractivity contribution in [1.29, 1.82) is 0 Å². The van der Waals surface area contributed by atoms with E-state index in [0.717, 1.165) is 20.3 Å². The molecule has 0 amide bonds. The first kappa shape index (κ1) is 11.0. The zero-order chi connectivity index (χ0) is 11.7. The fraction of sp³-hybridized carbons (Fsp3) is 0.0909. The molecule has 0 atom stereocenters. The van der Waals surface area contributed by atoms with E-state index < -0.39 is 0 Å². The molecule has 0 fully saturated rings. The van der Waals surface area contributed by atoms with E-state index in [9.17, 15) is 0 Å². The number of benzene rings is 1. The zero-order valence-electron chi connectivity index (χ0n) is 8.80. The quantitative estimate of drug-likeness (QED) is 0.734. The molecule has 3 rings (SSSR count). The molecule has 0 aliphatic heterocycles. The van der Waals surface area contributed by atoms with Crippen LogP contribution in [-0.2, 0) is 6.54 Å². The van der Waals surface area contributed by atoms with Gasteiger partial charge in [-0.3, -0.25) is 0 Å². The first-order chi connectivity index (χ1) is 8.33. The van der Waals surface area contributed by atoms with Gasteiger partial charge in [0, 0.05) is 6.54 Å². The molecule has 3 aromatic rings. The molecule has 0 bridgehead atoms. The second-order valence-electron chi connectivity index (χ2n) is 3.52. The minimum Gasteiger partial charge on any atom is -0.356 e. The second-order valence-corrected chi connectivity index (χ2v) is 5.58. The Morgan fingerprint density at radius 2 is 2.12 bits per heavy atom. The highest BCUT2D eigenvalue weighted by Crippen LogP contribution is 2.20. The molecule has 0 unspecified atom stereocenters. The Morgan fingerprint density at radius 1 is 1.29 bits per heavy atom. The van der Waals surface area contributed by atoms with Gasteiger partial charge in [0.2, 0.25) is 10.1 Å². The number of fused-ring (bicyclic) bond motifs is 1. The number of nitrogens with one attached hydrogen (secondary N) is 1. The van der Waals surface area contributed by atoms with Gasteiger partial charge in [0.1, 0.15) is 3.70 Å². The second kappa shape index (κ2) is 4.61. The monoisotopic (exact) mass is 356 g/mol. The molecule has 86 valence electrons. The fourth-order valence-electron chi connectivity index (χ4n) is 1.51.